The zero-order valence-corrected chi connectivity index (χ0v) is 15.5. The van der Waals surface area contributed by atoms with E-state index in [-0.39, 0.29) is 5.91 Å². The lowest BCUT2D eigenvalue weighted by atomic mass is 10.2. The SMILES string of the molecule is CCCCOc1ccc(C=NNC(=O)Cc2cccs2)cc1OCC. The van der Waals surface area contributed by atoms with Gasteiger partial charge in [-0.05, 0) is 48.6 Å². The van der Waals surface area contributed by atoms with E-state index in [1.807, 2.05) is 42.6 Å². The van der Waals surface area contributed by atoms with E-state index in [1.54, 1.807) is 17.6 Å². The quantitative estimate of drug-likeness (QED) is 0.395. The second kappa shape index (κ2) is 10.5. The Bertz CT molecular complexity index is 684. The van der Waals surface area contributed by atoms with Gasteiger partial charge >= 0.3 is 0 Å². The second-order valence-corrected chi connectivity index (χ2v) is 6.42. The highest BCUT2D eigenvalue weighted by Crippen LogP contribution is 2.28. The molecule has 0 aliphatic rings. The molecule has 2 aromatic rings. The van der Waals surface area contributed by atoms with E-state index in [4.69, 9.17) is 9.47 Å². The number of carbonyl (C=O) groups excluding carboxylic acids is 1. The highest BCUT2D eigenvalue weighted by atomic mass is 32.1. The molecule has 1 aromatic carbocycles. The molecule has 6 heteroatoms. The summed E-state index contributed by atoms with van der Waals surface area (Å²) in [5, 5.41) is 5.96. The lowest BCUT2D eigenvalue weighted by molar-refractivity contribution is -0.120. The molecule has 1 heterocycles. The molecule has 1 aromatic heterocycles. The van der Waals surface area contributed by atoms with Crippen LogP contribution in [0.1, 0.15) is 37.1 Å². The fraction of sp³-hybridized carbons (Fsp3) is 0.368. The first-order valence-electron chi connectivity index (χ1n) is 8.46. The molecule has 0 atom stereocenters. The third-order valence-electron chi connectivity index (χ3n) is 3.34. The van der Waals surface area contributed by atoms with Gasteiger partial charge in [-0.25, -0.2) is 5.43 Å². The highest BCUT2D eigenvalue weighted by molar-refractivity contribution is 7.10. The first-order chi connectivity index (χ1) is 12.2. The standard InChI is InChI=1S/C19H24N2O3S/c1-3-5-10-24-17-9-8-15(12-18(17)23-4-2)14-20-21-19(22)13-16-7-6-11-25-16/h6-9,11-12,14H,3-5,10,13H2,1-2H3,(H,21,22). The van der Waals surface area contributed by atoms with Gasteiger partial charge in [0.15, 0.2) is 11.5 Å². The van der Waals surface area contributed by atoms with Crippen molar-refractivity contribution in [2.75, 3.05) is 13.2 Å². The van der Waals surface area contributed by atoms with Crippen molar-refractivity contribution in [3.8, 4) is 11.5 Å². The number of nitrogens with zero attached hydrogens (tertiary/aromatic N) is 1. The number of hydrogen-bond acceptors (Lipinski definition) is 5. The fourth-order valence-corrected chi connectivity index (χ4v) is 2.81. The Morgan fingerprint density at radius 3 is 2.84 bits per heavy atom. The van der Waals surface area contributed by atoms with E-state index in [2.05, 4.69) is 17.5 Å². The van der Waals surface area contributed by atoms with Crippen LogP contribution in [0.15, 0.2) is 40.8 Å². The Balaban J connectivity index is 1.93. The van der Waals surface area contributed by atoms with E-state index in [0.717, 1.165) is 29.0 Å². The zero-order valence-electron chi connectivity index (χ0n) is 14.7. The maximum Gasteiger partial charge on any atom is 0.245 e. The number of unbranched alkanes of at least 4 members (excludes halogenated alkanes) is 1. The Morgan fingerprint density at radius 2 is 2.12 bits per heavy atom. The third kappa shape index (κ3) is 6.58. The number of carbonyl (C=O) groups is 1. The van der Waals surface area contributed by atoms with E-state index in [9.17, 15) is 4.79 Å². The van der Waals surface area contributed by atoms with E-state index in [1.165, 1.54) is 0 Å². The lowest BCUT2D eigenvalue weighted by Crippen LogP contribution is -2.19. The van der Waals surface area contributed by atoms with Crippen LogP contribution in [0.2, 0.25) is 0 Å². The van der Waals surface area contributed by atoms with Crippen molar-refractivity contribution in [2.24, 2.45) is 5.10 Å². The van der Waals surface area contributed by atoms with Crippen LogP contribution in [0, 0.1) is 0 Å². The average molecular weight is 360 g/mol. The van der Waals surface area contributed by atoms with Gasteiger partial charge in [-0.2, -0.15) is 5.10 Å². The van der Waals surface area contributed by atoms with Crippen LogP contribution in [0.3, 0.4) is 0 Å². The summed E-state index contributed by atoms with van der Waals surface area (Å²) < 4.78 is 11.4. The summed E-state index contributed by atoms with van der Waals surface area (Å²) >= 11 is 1.55. The first kappa shape index (κ1) is 19.0. The molecule has 0 saturated heterocycles. The monoisotopic (exact) mass is 360 g/mol. The van der Waals surface area contributed by atoms with Gasteiger partial charge in [0.05, 0.1) is 25.8 Å². The second-order valence-electron chi connectivity index (χ2n) is 5.39. The van der Waals surface area contributed by atoms with Gasteiger partial charge in [0.25, 0.3) is 0 Å². The van der Waals surface area contributed by atoms with Crippen molar-refractivity contribution in [2.45, 2.75) is 33.1 Å². The van der Waals surface area contributed by atoms with Crippen LogP contribution in [-0.4, -0.2) is 25.3 Å². The van der Waals surface area contributed by atoms with Crippen LogP contribution in [0.4, 0.5) is 0 Å². The Labute approximate surface area is 152 Å². The average Bonchev–Trinajstić information content (AvgIpc) is 3.10. The molecule has 25 heavy (non-hydrogen) atoms. The minimum Gasteiger partial charge on any atom is -0.490 e. The van der Waals surface area contributed by atoms with Crippen molar-refractivity contribution < 1.29 is 14.3 Å². The number of hydrogen-bond donors (Lipinski definition) is 1. The topological polar surface area (TPSA) is 59.9 Å². The fourth-order valence-electron chi connectivity index (χ4n) is 2.11. The lowest BCUT2D eigenvalue weighted by Gasteiger charge is -2.12. The van der Waals surface area contributed by atoms with Crippen LogP contribution in [-0.2, 0) is 11.2 Å². The van der Waals surface area contributed by atoms with Crippen LogP contribution < -0.4 is 14.9 Å². The molecule has 0 unspecified atom stereocenters. The normalized spacial score (nSPS) is 10.8. The molecule has 0 fully saturated rings. The molecule has 1 N–H and O–H groups in total. The summed E-state index contributed by atoms with van der Waals surface area (Å²) in [6.45, 7) is 5.28. The van der Waals surface area contributed by atoms with Gasteiger partial charge in [-0.1, -0.05) is 19.4 Å². The molecular weight excluding hydrogens is 336 g/mol. The molecule has 0 saturated carbocycles. The van der Waals surface area contributed by atoms with E-state index >= 15 is 0 Å². The van der Waals surface area contributed by atoms with Gasteiger partial charge in [0.2, 0.25) is 5.91 Å². The van der Waals surface area contributed by atoms with Crippen molar-refractivity contribution >= 4 is 23.5 Å². The van der Waals surface area contributed by atoms with Crippen molar-refractivity contribution in [1.29, 1.82) is 0 Å². The minimum absolute atomic E-state index is 0.136. The number of hydrazone groups is 1. The van der Waals surface area contributed by atoms with Crippen molar-refractivity contribution in [1.82, 2.24) is 5.43 Å². The molecule has 0 spiro atoms. The molecule has 1 amide bonds. The highest BCUT2D eigenvalue weighted by Gasteiger charge is 2.06. The molecule has 0 aliphatic heterocycles. The first-order valence-corrected chi connectivity index (χ1v) is 9.34. The van der Waals surface area contributed by atoms with Gasteiger partial charge in [0.1, 0.15) is 0 Å². The molecule has 0 bridgehead atoms. The van der Waals surface area contributed by atoms with Gasteiger partial charge in [-0.15, -0.1) is 11.3 Å². The molecular formula is C19H24N2O3S. The molecule has 0 aliphatic carbocycles. The van der Waals surface area contributed by atoms with Gasteiger partial charge < -0.3 is 9.47 Å². The predicted octanol–water partition coefficient (Wildman–Crippen LogP) is 4.02. The molecule has 134 valence electrons. The summed E-state index contributed by atoms with van der Waals surface area (Å²) in [7, 11) is 0. The number of amides is 1. The van der Waals surface area contributed by atoms with Crippen LogP contribution >= 0.6 is 11.3 Å². The van der Waals surface area contributed by atoms with Crippen molar-refractivity contribution in [3.63, 3.8) is 0 Å². The Kier molecular flexibility index (Phi) is 7.98. The maximum absolute atomic E-state index is 11.8. The molecule has 5 nitrogen and oxygen atoms in total. The van der Waals surface area contributed by atoms with E-state index < -0.39 is 0 Å². The number of benzene rings is 1. The zero-order chi connectivity index (χ0) is 17.9. The number of nitrogens with one attached hydrogen (secondary N) is 1. The van der Waals surface area contributed by atoms with Crippen LogP contribution in [0.25, 0.3) is 0 Å². The largest absolute Gasteiger partial charge is 0.490 e. The summed E-state index contributed by atoms with van der Waals surface area (Å²) in [6, 6.07) is 9.48. The maximum atomic E-state index is 11.8. The Hall–Kier alpha value is -2.34. The number of rotatable bonds is 10. The summed E-state index contributed by atoms with van der Waals surface area (Å²) in [5.74, 6) is 1.28. The summed E-state index contributed by atoms with van der Waals surface area (Å²) in [5.41, 5.74) is 3.38. The Morgan fingerprint density at radius 1 is 1.24 bits per heavy atom. The van der Waals surface area contributed by atoms with Gasteiger partial charge in [0, 0.05) is 4.88 Å². The minimum atomic E-state index is -0.136. The molecule has 2 rings (SSSR count). The van der Waals surface area contributed by atoms with E-state index in [0.29, 0.717) is 25.4 Å². The predicted molar refractivity (Wildman–Crippen MR) is 102 cm³/mol. The molecule has 0 radical (unpaired) electrons. The van der Waals surface area contributed by atoms with Crippen molar-refractivity contribution in [3.05, 3.63) is 46.2 Å². The smallest absolute Gasteiger partial charge is 0.245 e. The number of ether oxygens (including phenoxy) is 2. The third-order valence-corrected chi connectivity index (χ3v) is 4.22. The van der Waals surface area contributed by atoms with Gasteiger partial charge in [-0.3, -0.25) is 4.79 Å². The summed E-state index contributed by atoms with van der Waals surface area (Å²) in [4.78, 5) is 12.8. The summed E-state index contributed by atoms with van der Waals surface area (Å²) in [6.07, 6.45) is 4.03. The van der Waals surface area contributed by atoms with Crippen LogP contribution in [0.5, 0.6) is 11.5 Å². The number of thiophene rings is 1.